The molecular weight excluding hydrogens is 517 g/mol. The van der Waals surface area contributed by atoms with Crippen LogP contribution < -0.4 is 4.74 Å². The van der Waals surface area contributed by atoms with E-state index >= 15 is 0 Å². The maximum atomic E-state index is 13.2. The van der Waals surface area contributed by atoms with Gasteiger partial charge in [0.15, 0.2) is 5.65 Å². The summed E-state index contributed by atoms with van der Waals surface area (Å²) in [5.41, 5.74) is 4.88. The lowest BCUT2D eigenvalue weighted by atomic mass is 9.96. The molecule has 0 spiro atoms. The number of fused-ring (bicyclic) bond motifs is 2. The van der Waals surface area contributed by atoms with Crippen LogP contribution in [0.15, 0.2) is 48.5 Å². The summed E-state index contributed by atoms with van der Waals surface area (Å²) in [4.78, 5) is 6.50. The van der Waals surface area contributed by atoms with Crippen LogP contribution in [0.1, 0.15) is 16.7 Å². The summed E-state index contributed by atoms with van der Waals surface area (Å²) in [5.74, 6) is 0.223. The zero-order valence-corrected chi connectivity index (χ0v) is 21.7. The molecule has 38 heavy (non-hydrogen) atoms. The number of ether oxygens (including phenoxy) is 1. The van der Waals surface area contributed by atoms with Gasteiger partial charge in [0, 0.05) is 37.0 Å². The summed E-state index contributed by atoms with van der Waals surface area (Å²) < 4.78 is 69.6. The topological polar surface area (TPSA) is 76.8 Å². The Bertz CT molecular complexity index is 1600. The molecule has 1 aliphatic rings. The molecule has 0 saturated heterocycles. The fourth-order valence-electron chi connectivity index (χ4n) is 4.82. The third-order valence-corrected chi connectivity index (χ3v) is 7.80. The molecule has 0 bridgehead atoms. The molecule has 0 aliphatic carbocycles. The summed E-state index contributed by atoms with van der Waals surface area (Å²) in [7, 11) is -1.69. The van der Waals surface area contributed by atoms with Crippen LogP contribution in [0.5, 0.6) is 5.75 Å². The standard InChI is InChI=1S/C27H26F3N4O3S/c1-37-25-16-21(27(28,29)30)5-6-23(25)24-8-7-22(26-31-17-32-34(24)26)20-4-3-18-9-11-33(12-10-19(18)15-20)13-14-38(2,35)36/h3-8,15-16H,9-14H2,1-2H3. The zero-order valence-electron chi connectivity index (χ0n) is 20.9. The van der Waals surface area contributed by atoms with Crippen molar-refractivity contribution in [3.63, 3.8) is 0 Å². The minimum absolute atomic E-state index is 0.0785. The lowest BCUT2D eigenvalue weighted by Crippen LogP contribution is -2.31. The highest BCUT2D eigenvalue weighted by molar-refractivity contribution is 7.90. The van der Waals surface area contributed by atoms with Gasteiger partial charge in [-0.2, -0.15) is 13.2 Å². The molecular formula is C27H26F3N4O3S. The predicted octanol–water partition coefficient (Wildman–Crippen LogP) is 4.34. The Balaban J connectivity index is 1.47. The highest BCUT2D eigenvalue weighted by atomic mass is 32.2. The van der Waals surface area contributed by atoms with Crippen LogP contribution in [0.25, 0.3) is 28.0 Å². The van der Waals surface area contributed by atoms with Crippen LogP contribution in [-0.2, 0) is 28.9 Å². The summed E-state index contributed by atoms with van der Waals surface area (Å²) in [6.07, 6.45) is 1.02. The summed E-state index contributed by atoms with van der Waals surface area (Å²) in [6, 6.07) is 13.3. The number of hydrogen-bond donors (Lipinski definition) is 0. The van der Waals surface area contributed by atoms with E-state index in [0.29, 0.717) is 23.4 Å². The lowest BCUT2D eigenvalue weighted by Gasteiger charge is -2.18. The average molecular weight is 544 g/mol. The molecule has 1 radical (unpaired) electrons. The van der Waals surface area contributed by atoms with E-state index < -0.39 is 21.6 Å². The molecule has 0 fully saturated rings. The van der Waals surface area contributed by atoms with E-state index in [4.69, 9.17) is 4.74 Å². The van der Waals surface area contributed by atoms with Crippen LogP contribution >= 0.6 is 0 Å². The molecule has 0 amide bonds. The number of rotatable bonds is 6. The summed E-state index contributed by atoms with van der Waals surface area (Å²) in [6.45, 7) is 2.09. The molecule has 199 valence electrons. The largest absolute Gasteiger partial charge is 0.496 e. The van der Waals surface area contributed by atoms with Gasteiger partial charge >= 0.3 is 6.18 Å². The fraction of sp³-hybridized carbons (Fsp3) is 0.333. The van der Waals surface area contributed by atoms with Crippen molar-refractivity contribution in [3.8, 4) is 28.1 Å². The van der Waals surface area contributed by atoms with Crippen LogP contribution in [0.4, 0.5) is 13.2 Å². The molecule has 0 N–H and O–H groups in total. The average Bonchev–Trinajstić information content (AvgIpc) is 3.27. The van der Waals surface area contributed by atoms with Gasteiger partial charge in [-0.25, -0.2) is 17.9 Å². The van der Waals surface area contributed by atoms with Crippen molar-refractivity contribution in [3.05, 3.63) is 71.5 Å². The molecule has 2 aromatic heterocycles. The first kappa shape index (κ1) is 26.2. The van der Waals surface area contributed by atoms with Crippen molar-refractivity contribution in [1.82, 2.24) is 19.5 Å². The van der Waals surface area contributed by atoms with Gasteiger partial charge in [0.25, 0.3) is 0 Å². The summed E-state index contributed by atoms with van der Waals surface area (Å²) in [5, 5.41) is 4.23. The number of pyridine rings is 1. The van der Waals surface area contributed by atoms with Crippen molar-refractivity contribution in [2.75, 3.05) is 38.8 Å². The van der Waals surface area contributed by atoms with Gasteiger partial charge in [-0.1, -0.05) is 18.2 Å². The van der Waals surface area contributed by atoms with Crippen LogP contribution in [0.3, 0.4) is 0 Å². The minimum Gasteiger partial charge on any atom is -0.496 e. The molecule has 5 rings (SSSR count). The molecule has 11 heteroatoms. The van der Waals surface area contributed by atoms with E-state index in [-0.39, 0.29) is 11.5 Å². The zero-order chi connectivity index (χ0) is 27.1. The number of hydrogen-bond acceptors (Lipinski definition) is 6. The Kier molecular flexibility index (Phi) is 6.91. The van der Waals surface area contributed by atoms with Gasteiger partial charge in [0.1, 0.15) is 15.6 Å². The Labute approximate surface area is 218 Å². The minimum atomic E-state index is -4.48. The molecule has 0 unspecified atom stereocenters. The van der Waals surface area contributed by atoms with Gasteiger partial charge in [0.2, 0.25) is 6.33 Å². The number of halogens is 3. The number of benzene rings is 2. The maximum absolute atomic E-state index is 13.2. The third-order valence-electron chi connectivity index (χ3n) is 6.87. The number of methoxy groups -OCH3 is 1. The molecule has 2 aromatic carbocycles. The van der Waals surface area contributed by atoms with E-state index in [1.54, 1.807) is 10.6 Å². The number of alkyl halides is 3. The van der Waals surface area contributed by atoms with Crippen molar-refractivity contribution in [1.29, 1.82) is 0 Å². The lowest BCUT2D eigenvalue weighted by molar-refractivity contribution is -0.137. The molecule has 0 atom stereocenters. The smallest absolute Gasteiger partial charge is 0.416 e. The van der Waals surface area contributed by atoms with Crippen LogP contribution in [-0.4, -0.2) is 66.7 Å². The predicted molar refractivity (Wildman–Crippen MR) is 138 cm³/mol. The van der Waals surface area contributed by atoms with Crippen molar-refractivity contribution >= 4 is 15.5 Å². The van der Waals surface area contributed by atoms with Gasteiger partial charge in [-0.15, -0.1) is 5.10 Å². The van der Waals surface area contributed by atoms with E-state index in [1.165, 1.54) is 30.6 Å². The van der Waals surface area contributed by atoms with Gasteiger partial charge in [0.05, 0.1) is 24.1 Å². The fourth-order valence-corrected chi connectivity index (χ4v) is 5.41. The number of sulfone groups is 1. The molecule has 1 aliphatic heterocycles. The SMILES string of the molecule is COc1cc(C(F)(F)F)ccc1-c1ccc(-c2ccc3c(c2)CCN(CCS(C)(=O)=O)CC3)c2n[c]nn12. The molecule has 7 nitrogen and oxygen atoms in total. The highest BCUT2D eigenvalue weighted by Crippen LogP contribution is 2.38. The maximum Gasteiger partial charge on any atom is 0.416 e. The Morgan fingerprint density at radius 3 is 2.45 bits per heavy atom. The van der Waals surface area contributed by atoms with Crippen molar-refractivity contribution in [2.24, 2.45) is 0 Å². The first-order valence-electron chi connectivity index (χ1n) is 12.1. The monoisotopic (exact) mass is 543 g/mol. The molecule has 0 saturated carbocycles. The number of nitrogens with zero attached hydrogens (tertiary/aromatic N) is 4. The van der Waals surface area contributed by atoms with E-state index in [1.807, 2.05) is 12.1 Å². The second-order valence-corrected chi connectivity index (χ2v) is 11.7. The van der Waals surface area contributed by atoms with Crippen molar-refractivity contribution < 1.29 is 26.3 Å². The van der Waals surface area contributed by atoms with Crippen LogP contribution in [0, 0.1) is 6.33 Å². The summed E-state index contributed by atoms with van der Waals surface area (Å²) >= 11 is 0. The van der Waals surface area contributed by atoms with E-state index in [2.05, 4.69) is 33.4 Å². The van der Waals surface area contributed by atoms with Gasteiger partial charge in [-0.3, -0.25) is 0 Å². The highest BCUT2D eigenvalue weighted by Gasteiger charge is 2.31. The third kappa shape index (κ3) is 5.39. The second-order valence-electron chi connectivity index (χ2n) is 9.45. The van der Waals surface area contributed by atoms with Crippen LogP contribution in [0.2, 0.25) is 0 Å². The quantitative estimate of drug-likeness (QED) is 0.360. The first-order chi connectivity index (χ1) is 18.0. The normalized spacial score (nSPS) is 14.9. The Morgan fingerprint density at radius 1 is 1.00 bits per heavy atom. The van der Waals surface area contributed by atoms with E-state index in [9.17, 15) is 21.6 Å². The Hall–Kier alpha value is -3.44. The Morgan fingerprint density at radius 2 is 1.74 bits per heavy atom. The van der Waals surface area contributed by atoms with Gasteiger partial charge < -0.3 is 9.64 Å². The second kappa shape index (κ2) is 10.0. The first-order valence-corrected chi connectivity index (χ1v) is 14.1. The molecule has 4 aromatic rings. The van der Waals surface area contributed by atoms with E-state index in [0.717, 1.165) is 49.2 Å². The molecule has 3 heterocycles. The van der Waals surface area contributed by atoms with Crippen molar-refractivity contribution in [2.45, 2.75) is 19.0 Å². The van der Waals surface area contributed by atoms with Gasteiger partial charge in [-0.05, 0) is 59.9 Å². The number of aromatic nitrogens is 3.